The van der Waals surface area contributed by atoms with Gasteiger partial charge in [-0.15, -0.1) is 0 Å². The lowest BCUT2D eigenvalue weighted by Gasteiger charge is -2.39. The number of aryl methyl sites for hydroxylation is 1. The number of ether oxygens (including phenoxy) is 1. The molecule has 2 aromatic carbocycles. The lowest BCUT2D eigenvalue weighted by Crippen LogP contribution is -2.44. The Kier molecular flexibility index (Phi) is 6.53. The van der Waals surface area contributed by atoms with Gasteiger partial charge in [0.2, 0.25) is 0 Å². The van der Waals surface area contributed by atoms with E-state index in [1.54, 1.807) is 13.3 Å². The summed E-state index contributed by atoms with van der Waals surface area (Å²) in [5, 5.41) is 5.65. The molecule has 1 fully saturated rings. The zero-order valence-corrected chi connectivity index (χ0v) is 21.2. The highest BCUT2D eigenvalue weighted by Crippen LogP contribution is 2.44. The van der Waals surface area contributed by atoms with Crippen molar-refractivity contribution in [2.45, 2.75) is 69.9 Å². The SMILES string of the molecule is COc1ccc(C=NNC(=O)CN2CCn3c4c(c5cc(C6CCCCC6)ccc53)CCC[C@H]42)cc1. The highest BCUT2D eigenvalue weighted by molar-refractivity contribution is 5.87. The topological polar surface area (TPSA) is 58.9 Å². The van der Waals surface area contributed by atoms with Gasteiger partial charge in [0.1, 0.15) is 5.75 Å². The summed E-state index contributed by atoms with van der Waals surface area (Å²) in [4.78, 5) is 15.1. The van der Waals surface area contributed by atoms with Crippen LogP contribution in [-0.2, 0) is 17.8 Å². The number of rotatable bonds is 6. The van der Waals surface area contributed by atoms with Crippen molar-refractivity contribution in [1.82, 2.24) is 14.9 Å². The summed E-state index contributed by atoms with van der Waals surface area (Å²) in [7, 11) is 1.65. The first-order chi connectivity index (χ1) is 17.7. The molecule has 6 heteroatoms. The van der Waals surface area contributed by atoms with Crippen LogP contribution in [0.3, 0.4) is 0 Å². The molecule has 188 valence electrons. The zero-order chi connectivity index (χ0) is 24.5. The van der Waals surface area contributed by atoms with E-state index in [9.17, 15) is 4.79 Å². The predicted molar refractivity (Wildman–Crippen MR) is 144 cm³/mol. The minimum Gasteiger partial charge on any atom is -0.497 e. The standard InChI is InChI=1S/C30H36N4O2/c1-36-24-13-10-21(11-14-24)19-31-32-29(35)20-33-16-17-34-27-15-12-23(22-6-3-2-4-7-22)18-26(27)25-8-5-9-28(33)30(25)34/h10-15,18-19,22,28H,2-9,16-17,20H2,1H3,(H,32,35)/t28-/m1/s1. The second kappa shape index (κ2) is 10.1. The molecule has 0 unspecified atom stereocenters. The summed E-state index contributed by atoms with van der Waals surface area (Å²) in [5.74, 6) is 1.47. The molecule has 0 radical (unpaired) electrons. The Hall–Kier alpha value is -3.12. The highest BCUT2D eigenvalue weighted by Gasteiger charge is 2.35. The molecular weight excluding hydrogens is 448 g/mol. The minimum absolute atomic E-state index is 0.0592. The molecule has 3 aromatic rings. The van der Waals surface area contributed by atoms with Crippen molar-refractivity contribution < 1.29 is 9.53 Å². The van der Waals surface area contributed by atoms with Crippen molar-refractivity contribution >= 4 is 23.0 Å². The largest absolute Gasteiger partial charge is 0.497 e. The van der Waals surface area contributed by atoms with Gasteiger partial charge in [-0.25, -0.2) is 5.43 Å². The molecule has 1 saturated carbocycles. The Balaban J connectivity index is 1.18. The molecule has 1 N–H and O–H groups in total. The van der Waals surface area contributed by atoms with Crippen LogP contribution in [0.1, 0.15) is 79.3 Å². The number of amides is 1. The lowest BCUT2D eigenvalue weighted by molar-refractivity contribution is -0.123. The Morgan fingerprint density at radius 2 is 1.89 bits per heavy atom. The van der Waals surface area contributed by atoms with Gasteiger partial charge >= 0.3 is 0 Å². The average Bonchev–Trinajstić information content (AvgIpc) is 3.25. The number of aromatic nitrogens is 1. The molecule has 2 heterocycles. The molecule has 6 nitrogen and oxygen atoms in total. The minimum atomic E-state index is -0.0592. The van der Waals surface area contributed by atoms with Gasteiger partial charge in [-0.3, -0.25) is 9.69 Å². The third-order valence-electron chi connectivity index (χ3n) is 8.45. The van der Waals surface area contributed by atoms with Gasteiger partial charge in [0.05, 0.1) is 25.9 Å². The molecule has 0 saturated heterocycles. The van der Waals surface area contributed by atoms with Crippen LogP contribution in [0.2, 0.25) is 0 Å². The Morgan fingerprint density at radius 3 is 2.69 bits per heavy atom. The smallest absolute Gasteiger partial charge is 0.254 e. The molecule has 36 heavy (non-hydrogen) atoms. The highest BCUT2D eigenvalue weighted by atomic mass is 16.5. The van der Waals surface area contributed by atoms with Crippen molar-refractivity contribution in [2.24, 2.45) is 5.10 Å². The quantitative estimate of drug-likeness (QED) is 0.369. The zero-order valence-electron chi connectivity index (χ0n) is 21.2. The number of hydrazone groups is 1. The van der Waals surface area contributed by atoms with E-state index in [0.29, 0.717) is 12.6 Å². The van der Waals surface area contributed by atoms with E-state index in [2.05, 4.69) is 38.2 Å². The van der Waals surface area contributed by atoms with Gasteiger partial charge in [-0.2, -0.15) is 5.10 Å². The summed E-state index contributed by atoms with van der Waals surface area (Å²) in [6, 6.07) is 15.2. The van der Waals surface area contributed by atoms with Crippen LogP contribution in [0.5, 0.6) is 5.75 Å². The lowest BCUT2D eigenvalue weighted by atomic mass is 9.83. The van der Waals surface area contributed by atoms with Crippen LogP contribution < -0.4 is 10.2 Å². The number of hydrogen-bond donors (Lipinski definition) is 1. The van der Waals surface area contributed by atoms with Crippen LogP contribution >= 0.6 is 0 Å². The fraction of sp³-hybridized carbons (Fsp3) is 0.467. The summed E-state index contributed by atoms with van der Waals surface area (Å²) >= 11 is 0. The second-order valence-corrected chi connectivity index (χ2v) is 10.6. The number of hydrogen-bond acceptors (Lipinski definition) is 4. The van der Waals surface area contributed by atoms with Crippen LogP contribution in [-0.4, -0.2) is 41.8 Å². The average molecular weight is 485 g/mol. The van der Waals surface area contributed by atoms with E-state index < -0.39 is 0 Å². The number of benzene rings is 2. The van der Waals surface area contributed by atoms with Crippen molar-refractivity contribution in [3.63, 3.8) is 0 Å². The first-order valence-electron chi connectivity index (χ1n) is 13.6. The number of nitrogens with zero attached hydrogens (tertiary/aromatic N) is 3. The van der Waals surface area contributed by atoms with E-state index >= 15 is 0 Å². The normalized spacial score (nSPS) is 20.5. The van der Waals surface area contributed by atoms with E-state index in [-0.39, 0.29) is 5.91 Å². The van der Waals surface area contributed by atoms with Crippen LogP contribution in [0.4, 0.5) is 0 Å². The van der Waals surface area contributed by atoms with Crippen molar-refractivity contribution in [3.05, 3.63) is 64.8 Å². The van der Waals surface area contributed by atoms with E-state index in [1.165, 1.54) is 66.2 Å². The number of fused-ring (bicyclic) bond motifs is 3. The molecule has 1 aromatic heterocycles. The van der Waals surface area contributed by atoms with Crippen molar-refractivity contribution in [1.29, 1.82) is 0 Å². The van der Waals surface area contributed by atoms with Crippen LogP contribution in [0.25, 0.3) is 10.9 Å². The molecule has 2 aliphatic carbocycles. The van der Waals surface area contributed by atoms with E-state index in [0.717, 1.165) is 43.2 Å². The maximum Gasteiger partial charge on any atom is 0.254 e. The molecular formula is C30H36N4O2. The number of nitrogens with one attached hydrogen (secondary N) is 1. The molecule has 0 spiro atoms. The summed E-state index contributed by atoms with van der Waals surface area (Å²) in [5.41, 5.74) is 9.56. The fourth-order valence-corrected chi connectivity index (χ4v) is 6.66. The molecule has 0 bridgehead atoms. The van der Waals surface area contributed by atoms with Crippen molar-refractivity contribution in [2.75, 3.05) is 20.2 Å². The monoisotopic (exact) mass is 484 g/mol. The number of carbonyl (C=O) groups is 1. The third-order valence-corrected chi connectivity index (χ3v) is 8.45. The Labute approximate surface area is 213 Å². The maximum absolute atomic E-state index is 12.8. The Bertz CT molecular complexity index is 1270. The number of carbonyl (C=O) groups excluding carboxylic acids is 1. The molecule has 3 aliphatic rings. The van der Waals surface area contributed by atoms with Crippen LogP contribution in [0.15, 0.2) is 47.6 Å². The second-order valence-electron chi connectivity index (χ2n) is 10.6. The molecule has 1 amide bonds. The number of methoxy groups -OCH3 is 1. The van der Waals surface area contributed by atoms with Gasteiger partial charge in [-0.1, -0.05) is 25.3 Å². The predicted octanol–water partition coefficient (Wildman–Crippen LogP) is 5.54. The Morgan fingerprint density at radius 1 is 1.06 bits per heavy atom. The van der Waals surface area contributed by atoms with E-state index in [1.807, 2.05) is 24.3 Å². The van der Waals surface area contributed by atoms with Crippen LogP contribution in [0, 0.1) is 0 Å². The van der Waals surface area contributed by atoms with Crippen molar-refractivity contribution in [3.8, 4) is 5.75 Å². The first kappa shape index (κ1) is 23.3. The maximum atomic E-state index is 12.8. The van der Waals surface area contributed by atoms with Gasteiger partial charge in [0.15, 0.2) is 0 Å². The summed E-state index contributed by atoms with van der Waals surface area (Å²) in [6.45, 7) is 2.20. The van der Waals surface area contributed by atoms with Gasteiger partial charge in [-0.05, 0) is 91.1 Å². The summed E-state index contributed by atoms with van der Waals surface area (Å²) < 4.78 is 7.74. The molecule has 1 aliphatic heterocycles. The third kappa shape index (κ3) is 4.43. The van der Waals surface area contributed by atoms with Gasteiger partial charge < -0.3 is 9.30 Å². The molecule has 6 rings (SSSR count). The molecule has 1 atom stereocenters. The van der Waals surface area contributed by atoms with Gasteiger partial charge in [0.25, 0.3) is 5.91 Å². The van der Waals surface area contributed by atoms with E-state index in [4.69, 9.17) is 4.74 Å². The fourth-order valence-electron chi connectivity index (χ4n) is 6.66. The summed E-state index contributed by atoms with van der Waals surface area (Å²) in [6.07, 6.45) is 11.9. The first-order valence-corrected chi connectivity index (χ1v) is 13.6. The van der Waals surface area contributed by atoms with Gasteiger partial charge in [0, 0.05) is 29.7 Å².